The third-order valence-electron chi connectivity index (χ3n) is 5.17. The molecule has 5 heteroatoms. The van der Waals surface area contributed by atoms with Gasteiger partial charge in [0.2, 0.25) is 0 Å². The van der Waals surface area contributed by atoms with E-state index in [0.29, 0.717) is 24.0 Å². The van der Waals surface area contributed by atoms with Crippen LogP contribution >= 0.6 is 0 Å². The van der Waals surface area contributed by atoms with Crippen molar-refractivity contribution >= 4 is 0 Å². The second-order valence-corrected chi connectivity index (χ2v) is 7.28. The van der Waals surface area contributed by atoms with E-state index < -0.39 is 0 Å². The van der Waals surface area contributed by atoms with Gasteiger partial charge in [0.15, 0.2) is 11.5 Å². The molecule has 0 unspecified atom stereocenters. The molecule has 4 nitrogen and oxygen atoms in total. The van der Waals surface area contributed by atoms with Crippen molar-refractivity contribution in [2.45, 2.75) is 39.0 Å². The third-order valence-corrected chi connectivity index (χ3v) is 5.17. The molecule has 146 valence electrons. The highest BCUT2D eigenvalue weighted by Crippen LogP contribution is 2.30. The second-order valence-electron chi connectivity index (χ2n) is 7.28. The molecule has 3 rings (SSSR count). The number of ether oxygens (including phenoxy) is 2. The summed E-state index contributed by atoms with van der Waals surface area (Å²) >= 11 is 0. The summed E-state index contributed by atoms with van der Waals surface area (Å²) in [7, 11) is 1.63. The Morgan fingerprint density at radius 1 is 1.15 bits per heavy atom. The van der Waals surface area contributed by atoms with Crippen molar-refractivity contribution in [3.05, 3.63) is 59.4 Å². The lowest BCUT2D eigenvalue weighted by Crippen LogP contribution is -2.39. The van der Waals surface area contributed by atoms with Crippen LogP contribution in [0.4, 0.5) is 4.39 Å². The zero-order valence-electron chi connectivity index (χ0n) is 16.0. The molecular weight excluding hydrogens is 345 g/mol. The Hall–Kier alpha value is -2.11. The van der Waals surface area contributed by atoms with Gasteiger partial charge in [-0.25, -0.2) is 4.39 Å². The predicted octanol–water partition coefficient (Wildman–Crippen LogP) is 4.01. The molecule has 0 radical (unpaired) electrons. The predicted molar refractivity (Wildman–Crippen MR) is 103 cm³/mol. The SMILES string of the molecule is COc1cc(CN2CCC[C@@H]([C@@H](C)O)C2)ccc1OCc1ccc(F)cc1. The van der Waals surface area contributed by atoms with Crippen LogP contribution in [0.5, 0.6) is 11.5 Å². The zero-order chi connectivity index (χ0) is 19.2. The van der Waals surface area contributed by atoms with Gasteiger partial charge in [-0.15, -0.1) is 0 Å². The zero-order valence-corrected chi connectivity index (χ0v) is 16.0. The van der Waals surface area contributed by atoms with Crippen molar-refractivity contribution in [3.63, 3.8) is 0 Å². The Morgan fingerprint density at radius 3 is 2.59 bits per heavy atom. The van der Waals surface area contributed by atoms with E-state index in [-0.39, 0.29) is 11.9 Å². The van der Waals surface area contributed by atoms with Gasteiger partial charge in [0.1, 0.15) is 12.4 Å². The minimum absolute atomic E-state index is 0.253. The molecule has 27 heavy (non-hydrogen) atoms. The van der Waals surface area contributed by atoms with E-state index in [1.807, 2.05) is 19.1 Å². The molecule has 0 saturated carbocycles. The van der Waals surface area contributed by atoms with Crippen molar-refractivity contribution in [2.75, 3.05) is 20.2 Å². The normalized spacial score (nSPS) is 18.9. The topological polar surface area (TPSA) is 41.9 Å². The first-order valence-corrected chi connectivity index (χ1v) is 9.49. The molecule has 1 fully saturated rings. The summed E-state index contributed by atoms with van der Waals surface area (Å²) < 4.78 is 24.3. The number of rotatable bonds is 7. The number of hydrogen-bond donors (Lipinski definition) is 1. The number of piperidine rings is 1. The van der Waals surface area contributed by atoms with Gasteiger partial charge in [0.25, 0.3) is 0 Å². The van der Waals surface area contributed by atoms with Crippen LogP contribution in [0, 0.1) is 11.7 Å². The Bertz CT molecular complexity index is 733. The summed E-state index contributed by atoms with van der Waals surface area (Å²) in [5.41, 5.74) is 2.06. The van der Waals surface area contributed by atoms with Crippen LogP contribution in [0.2, 0.25) is 0 Å². The summed E-state index contributed by atoms with van der Waals surface area (Å²) in [6, 6.07) is 12.3. The Labute approximate surface area is 160 Å². The molecule has 2 aromatic rings. The molecule has 1 aliphatic heterocycles. The summed E-state index contributed by atoms with van der Waals surface area (Å²) in [5, 5.41) is 9.86. The highest BCUT2D eigenvalue weighted by molar-refractivity contribution is 5.43. The molecule has 2 aromatic carbocycles. The molecule has 1 aliphatic rings. The summed E-state index contributed by atoms with van der Waals surface area (Å²) in [4.78, 5) is 2.38. The average molecular weight is 373 g/mol. The first-order chi connectivity index (χ1) is 13.0. The molecule has 0 bridgehead atoms. The molecule has 0 aromatic heterocycles. The molecule has 2 atom stereocenters. The monoisotopic (exact) mass is 373 g/mol. The highest BCUT2D eigenvalue weighted by Gasteiger charge is 2.23. The molecule has 0 amide bonds. The third kappa shape index (κ3) is 5.44. The fourth-order valence-electron chi connectivity index (χ4n) is 3.56. The first-order valence-electron chi connectivity index (χ1n) is 9.49. The lowest BCUT2D eigenvalue weighted by molar-refractivity contribution is 0.0598. The Kier molecular flexibility index (Phi) is 6.69. The Balaban J connectivity index is 1.62. The number of likely N-dealkylation sites (tertiary alicyclic amines) is 1. The minimum atomic E-state index is -0.260. The minimum Gasteiger partial charge on any atom is -0.493 e. The van der Waals surface area contributed by atoms with Gasteiger partial charge < -0.3 is 14.6 Å². The fraction of sp³-hybridized carbons (Fsp3) is 0.455. The van der Waals surface area contributed by atoms with Gasteiger partial charge in [0, 0.05) is 13.1 Å². The van der Waals surface area contributed by atoms with E-state index in [4.69, 9.17) is 9.47 Å². The van der Waals surface area contributed by atoms with Gasteiger partial charge in [-0.1, -0.05) is 18.2 Å². The van der Waals surface area contributed by atoms with E-state index in [0.717, 1.165) is 43.6 Å². The first kappa shape index (κ1) is 19.6. The lowest BCUT2D eigenvalue weighted by atomic mass is 9.93. The van der Waals surface area contributed by atoms with Gasteiger partial charge in [-0.3, -0.25) is 4.90 Å². The van der Waals surface area contributed by atoms with E-state index in [9.17, 15) is 9.50 Å². The van der Waals surface area contributed by atoms with Gasteiger partial charge in [-0.2, -0.15) is 0 Å². The van der Waals surface area contributed by atoms with Crippen molar-refractivity contribution in [3.8, 4) is 11.5 Å². The van der Waals surface area contributed by atoms with Crippen LogP contribution in [-0.2, 0) is 13.2 Å². The van der Waals surface area contributed by atoms with Crippen LogP contribution in [-0.4, -0.2) is 36.3 Å². The van der Waals surface area contributed by atoms with E-state index in [1.54, 1.807) is 19.2 Å². The average Bonchev–Trinajstić information content (AvgIpc) is 2.68. The van der Waals surface area contributed by atoms with Crippen LogP contribution in [0.25, 0.3) is 0 Å². The number of nitrogens with zero attached hydrogens (tertiary/aromatic N) is 1. The molecule has 0 spiro atoms. The largest absolute Gasteiger partial charge is 0.493 e. The molecule has 1 saturated heterocycles. The van der Waals surface area contributed by atoms with Crippen LogP contribution in [0.15, 0.2) is 42.5 Å². The quantitative estimate of drug-likeness (QED) is 0.796. The molecule has 0 aliphatic carbocycles. The second kappa shape index (κ2) is 9.20. The lowest BCUT2D eigenvalue weighted by Gasteiger charge is -2.34. The van der Waals surface area contributed by atoms with E-state index in [2.05, 4.69) is 11.0 Å². The van der Waals surface area contributed by atoms with Crippen LogP contribution < -0.4 is 9.47 Å². The Morgan fingerprint density at radius 2 is 1.89 bits per heavy atom. The van der Waals surface area contributed by atoms with Gasteiger partial charge in [-0.05, 0) is 67.6 Å². The summed E-state index contributed by atoms with van der Waals surface area (Å²) in [5.74, 6) is 1.46. The highest BCUT2D eigenvalue weighted by atomic mass is 19.1. The van der Waals surface area contributed by atoms with Crippen molar-refractivity contribution < 1.29 is 19.0 Å². The number of benzene rings is 2. The molecule has 1 N–H and O–H groups in total. The number of hydrogen-bond acceptors (Lipinski definition) is 4. The van der Waals surface area contributed by atoms with Gasteiger partial charge in [0.05, 0.1) is 13.2 Å². The van der Waals surface area contributed by atoms with Crippen molar-refractivity contribution in [1.82, 2.24) is 4.90 Å². The van der Waals surface area contributed by atoms with Gasteiger partial charge >= 0.3 is 0 Å². The number of aliphatic hydroxyl groups is 1. The van der Waals surface area contributed by atoms with Crippen LogP contribution in [0.3, 0.4) is 0 Å². The van der Waals surface area contributed by atoms with Crippen molar-refractivity contribution in [1.29, 1.82) is 0 Å². The standard InChI is InChI=1S/C22H28FNO3/c1-16(25)19-4-3-11-24(14-19)13-18-7-10-21(22(12-18)26-2)27-15-17-5-8-20(23)9-6-17/h5-10,12,16,19,25H,3-4,11,13-15H2,1-2H3/t16-,19-/m1/s1. The van der Waals surface area contributed by atoms with E-state index >= 15 is 0 Å². The molecule has 1 heterocycles. The smallest absolute Gasteiger partial charge is 0.161 e. The maximum absolute atomic E-state index is 13.0. The maximum atomic E-state index is 13.0. The summed E-state index contributed by atoms with van der Waals surface area (Å²) in [6.07, 6.45) is 1.95. The van der Waals surface area contributed by atoms with E-state index in [1.165, 1.54) is 12.1 Å². The van der Waals surface area contributed by atoms with Crippen molar-refractivity contribution in [2.24, 2.45) is 5.92 Å². The number of aliphatic hydroxyl groups excluding tert-OH is 1. The molecular formula is C22H28FNO3. The summed E-state index contributed by atoms with van der Waals surface area (Å²) in [6.45, 7) is 5.04. The number of methoxy groups -OCH3 is 1. The maximum Gasteiger partial charge on any atom is 0.161 e. The van der Waals surface area contributed by atoms with Crippen LogP contribution in [0.1, 0.15) is 30.9 Å². The fourth-order valence-corrected chi connectivity index (χ4v) is 3.56. The number of halogens is 1.